The fourth-order valence-electron chi connectivity index (χ4n) is 1.95. The normalized spacial score (nSPS) is 10.3. The Hall–Kier alpha value is -2.20. The topological polar surface area (TPSA) is 45.2 Å². The molecule has 0 radical (unpaired) electrons. The summed E-state index contributed by atoms with van der Waals surface area (Å²) < 4.78 is 0. The molecule has 0 bridgehead atoms. The molecule has 1 heterocycles. The van der Waals surface area contributed by atoms with Crippen LogP contribution in [0, 0.1) is 0 Å². The zero-order chi connectivity index (χ0) is 14.4. The van der Waals surface area contributed by atoms with Gasteiger partial charge in [-0.25, -0.2) is 0 Å². The lowest BCUT2D eigenvalue weighted by Crippen LogP contribution is -2.32. The predicted octanol–water partition coefficient (Wildman–Crippen LogP) is 2.04. The number of carbonyl (C=O) groups excluding carboxylic acids is 1. The molecule has 0 atom stereocenters. The summed E-state index contributed by atoms with van der Waals surface area (Å²) in [5.41, 5.74) is 2.64. The maximum atomic E-state index is 12.3. The number of benzene rings is 1. The number of amides is 1. The first kappa shape index (κ1) is 14.2. The van der Waals surface area contributed by atoms with Crippen LogP contribution in [0.2, 0.25) is 0 Å². The van der Waals surface area contributed by atoms with Gasteiger partial charge in [-0.05, 0) is 18.7 Å². The second-order valence-corrected chi connectivity index (χ2v) is 4.66. The van der Waals surface area contributed by atoms with Gasteiger partial charge in [0, 0.05) is 38.1 Å². The van der Waals surface area contributed by atoms with Crippen molar-refractivity contribution in [3.63, 3.8) is 0 Å². The highest BCUT2D eigenvalue weighted by atomic mass is 16.2. The largest absolute Gasteiger partial charge is 0.340 e. The number of nitrogens with one attached hydrogen (secondary N) is 1. The highest BCUT2D eigenvalue weighted by Crippen LogP contribution is 2.19. The van der Waals surface area contributed by atoms with Crippen LogP contribution in [-0.4, -0.2) is 43.0 Å². The summed E-state index contributed by atoms with van der Waals surface area (Å²) >= 11 is 0. The van der Waals surface area contributed by atoms with Gasteiger partial charge in [0.05, 0.1) is 5.56 Å². The van der Waals surface area contributed by atoms with Crippen LogP contribution in [0.4, 0.5) is 0 Å². The quantitative estimate of drug-likeness (QED) is 0.903. The SMILES string of the molecule is CNCCN(C)C(=O)c1cncc(-c2ccccc2)c1. The molecule has 0 aliphatic heterocycles. The molecule has 0 aliphatic carbocycles. The van der Waals surface area contributed by atoms with E-state index in [2.05, 4.69) is 10.3 Å². The van der Waals surface area contributed by atoms with Crippen molar-refractivity contribution in [2.24, 2.45) is 0 Å². The molecule has 2 rings (SSSR count). The van der Waals surface area contributed by atoms with Crippen LogP contribution in [0.15, 0.2) is 48.8 Å². The lowest BCUT2D eigenvalue weighted by atomic mass is 10.1. The minimum atomic E-state index is -0.00877. The van der Waals surface area contributed by atoms with Crippen molar-refractivity contribution in [1.29, 1.82) is 0 Å². The molecule has 4 nitrogen and oxygen atoms in total. The lowest BCUT2D eigenvalue weighted by molar-refractivity contribution is 0.0796. The number of hydrogen-bond acceptors (Lipinski definition) is 3. The third-order valence-corrected chi connectivity index (χ3v) is 3.14. The fraction of sp³-hybridized carbons (Fsp3) is 0.250. The minimum Gasteiger partial charge on any atom is -0.340 e. The molecule has 0 saturated carbocycles. The first-order valence-electron chi connectivity index (χ1n) is 6.63. The van der Waals surface area contributed by atoms with Crippen LogP contribution in [0.5, 0.6) is 0 Å². The van der Waals surface area contributed by atoms with Crippen molar-refractivity contribution < 1.29 is 4.79 Å². The Labute approximate surface area is 119 Å². The minimum absolute atomic E-state index is 0.00877. The Balaban J connectivity index is 2.20. The Bertz CT molecular complexity index is 569. The summed E-state index contributed by atoms with van der Waals surface area (Å²) in [5.74, 6) is -0.00877. The van der Waals surface area contributed by atoms with Crippen molar-refractivity contribution in [1.82, 2.24) is 15.2 Å². The van der Waals surface area contributed by atoms with E-state index in [4.69, 9.17) is 0 Å². The number of rotatable bonds is 5. The average Bonchev–Trinajstić information content (AvgIpc) is 2.53. The molecular formula is C16H19N3O. The van der Waals surface area contributed by atoms with Gasteiger partial charge in [0.15, 0.2) is 0 Å². The highest BCUT2D eigenvalue weighted by molar-refractivity contribution is 5.94. The van der Waals surface area contributed by atoms with Crippen molar-refractivity contribution in [3.8, 4) is 11.1 Å². The number of likely N-dealkylation sites (N-methyl/N-ethyl adjacent to an activating group) is 2. The summed E-state index contributed by atoms with van der Waals surface area (Å²) in [6.07, 6.45) is 3.39. The van der Waals surface area contributed by atoms with Crippen LogP contribution in [0.3, 0.4) is 0 Å². The molecule has 1 aromatic carbocycles. The van der Waals surface area contributed by atoms with Crippen LogP contribution >= 0.6 is 0 Å². The average molecular weight is 269 g/mol. The molecule has 0 unspecified atom stereocenters. The van der Waals surface area contributed by atoms with Gasteiger partial charge in [0.2, 0.25) is 0 Å². The number of carbonyl (C=O) groups is 1. The van der Waals surface area contributed by atoms with Crippen LogP contribution in [0.25, 0.3) is 11.1 Å². The second-order valence-electron chi connectivity index (χ2n) is 4.66. The lowest BCUT2D eigenvalue weighted by Gasteiger charge is -2.17. The third-order valence-electron chi connectivity index (χ3n) is 3.14. The molecule has 104 valence electrons. The maximum Gasteiger partial charge on any atom is 0.255 e. The molecule has 0 fully saturated rings. The number of nitrogens with zero attached hydrogens (tertiary/aromatic N) is 2. The molecule has 2 aromatic rings. The van der Waals surface area contributed by atoms with E-state index < -0.39 is 0 Å². The van der Waals surface area contributed by atoms with E-state index in [1.54, 1.807) is 24.3 Å². The summed E-state index contributed by atoms with van der Waals surface area (Å²) in [6.45, 7) is 1.44. The summed E-state index contributed by atoms with van der Waals surface area (Å²) in [4.78, 5) is 18.2. The molecule has 0 spiro atoms. The second kappa shape index (κ2) is 6.82. The summed E-state index contributed by atoms with van der Waals surface area (Å²) in [7, 11) is 3.67. The molecule has 20 heavy (non-hydrogen) atoms. The third kappa shape index (κ3) is 3.42. The van der Waals surface area contributed by atoms with Crippen molar-refractivity contribution >= 4 is 5.91 Å². The van der Waals surface area contributed by atoms with Gasteiger partial charge in [-0.15, -0.1) is 0 Å². The van der Waals surface area contributed by atoms with Crippen molar-refractivity contribution in [3.05, 3.63) is 54.4 Å². The molecule has 4 heteroatoms. The smallest absolute Gasteiger partial charge is 0.255 e. The molecule has 0 aliphatic rings. The van der Waals surface area contributed by atoms with E-state index in [0.717, 1.165) is 17.7 Å². The summed E-state index contributed by atoms with van der Waals surface area (Å²) in [6, 6.07) is 11.8. The van der Waals surface area contributed by atoms with E-state index >= 15 is 0 Å². The number of aromatic nitrogens is 1. The predicted molar refractivity (Wildman–Crippen MR) is 80.6 cm³/mol. The Morgan fingerprint density at radius 1 is 1.20 bits per heavy atom. The van der Waals surface area contributed by atoms with Gasteiger partial charge in [0.25, 0.3) is 5.91 Å². The molecule has 1 aromatic heterocycles. The van der Waals surface area contributed by atoms with Crippen LogP contribution in [0.1, 0.15) is 10.4 Å². The van der Waals surface area contributed by atoms with Gasteiger partial charge in [-0.1, -0.05) is 30.3 Å². The van der Waals surface area contributed by atoms with E-state index in [9.17, 15) is 4.79 Å². The molecule has 1 N–H and O–H groups in total. The first-order chi connectivity index (χ1) is 9.72. The van der Waals surface area contributed by atoms with Gasteiger partial charge in [0.1, 0.15) is 0 Å². The van der Waals surface area contributed by atoms with Gasteiger partial charge in [-0.2, -0.15) is 0 Å². The maximum absolute atomic E-state index is 12.3. The van der Waals surface area contributed by atoms with Crippen LogP contribution < -0.4 is 5.32 Å². The standard InChI is InChI=1S/C16H19N3O/c1-17-8-9-19(2)16(20)15-10-14(11-18-12-15)13-6-4-3-5-7-13/h3-7,10-12,17H,8-9H2,1-2H3. The van der Waals surface area contributed by atoms with E-state index in [0.29, 0.717) is 12.1 Å². The Morgan fingerprint density at radius 2 is 1.95 bits per heavy atom. The molecule has 1 amide bonds. The molecular weight excluding hydrogens is 250 g/mol. The number of pyridine rings is 1. The Morgan fingerprint density at radius 3 is 2.65 bits per heavy atom. The monoisotopic (exact) mass is 269 g/mol. The van der Waals surface area contributed by atoms with E-state index in [-0.39, 0.29) is 5.91 Å². The van der Waals surface area contributed by atoms with Crippen molar-refractivity contribution in [2.45, 2.75) is 0 Å². The van der Waals surface area contributed by atoms with Gasteiger partial charge in [-0.3, -0.25) is 9.78 Å². The fourth-order valence-corrected chi connectivity index (χ4v) is 1.95. The van der Waals surface area contributed by atoms with E-state index in [1.165, 1.54) is 0 Å². The van der Waals surface area contributed by atoms with Crippen LogP contribution in [-0.2, 0) is 0 Å². The van der Waals surface area contributed by atoms with Gasteiger partial charge >= 0.3 is 0 Å². The zero-order valence-electron chi connectivity index (χ0n) is 11.8. The Kier molecular flexibility index (Phi) is 4.85. The summed E-state index contributed by atoms with van der Waals surface area (Å²) in [5, 5.41) is 3.03. The zero-order valence-corrected chi connectivity index (χ0v) is 11.8. The van der Waals surface area contributed by atoms with E-state index in [1.807, 2.05) is 43.4 Å². The first-order valence-corrected chi connectivity index (χ1v) is 6.63. The molecule has 0 saturated heterocycles. The van der Waals surface area contributed by atoms with Gasteiger partial charge < -0.3 is 10.2 Å². The highest BCUT2D eigenvalue weighted by Gasteiger charge is 2.12. The van der Waals surface area contributed by atoms with Crippen molar-refractivity contribution in [2.75, 3.05) is 27.2 Å². The number of hydrogen-bond donors (Lipinski definition) is 1.